The van der Waals surface area contributed by atoms with Crippen LogP contribution < -0.4 is 5.32 Å². The number of carboxylic acid groups (broad SMARTS) is 1. The lowest BCUT2D eigenvalue weighted by atomic mass is 9.82. The summed E-state index contributed by atoms with van der Waals surface area (Å²) in [4.78, 5) is 39.2. The normalized spacial score (nSPS) is 16.7. The molecule has 0 rings (SSSR count). The van der Waals surface area contributed by atoms with E-state index < -0.39 is 28.9 Å². The first-order valence-corrected chi connectivity index (χ1v) is 10.1. The molecule has 7 nitrogen and oxygen atoms in total. The van der Waals surface area contributed by atoms with Crippen LogP contribution in [0.15, 0.2) is 11.6 Å². The number of methoxy groups -OCH3 is 1. The van der Waals surface area contributed by atoms with Gasteiger partial charge in [0.1, 0.15) is 6.04 Å². The van der Waals surface area contributed by atoms with Gasteiger partial charge < -0.3 is 20.1 Å². The molecule has 0 aliphatic carbocycles. The van der Waals surface area contributed by atoms with Gasteiger partial charge in [0.05, 0.1) is 18.1 Å². The molecular formula is C22H40N2O5. The average Bonchev–Trinajstić information content (AvgIpc) is 2.61. The number of rotatable bonds is 10. The zero-order chi connectivity index (χ0) is 23.2. The molecule has 0 bridgehead atoms. The molecular weight excluding hydrogens is 372 g/mol. The summed E-state index contributed by atoms with van der Waals surface area (Å²) in [5, 5.41) is 12.2. The van der Waals surface area contributed by atoms with E-state index in [1.54, 1.807) is 20.2 Å². The van der Waals surface area contributed by atoms with Crippen LogP contribution in [0.1, 0.15) is 61.8 Å². The van der Waals surface area contributed by atoms with Crippen LogP contribution in [0.4, 0.5) is 0 Å². The summed E-state index contributed by atoms with van der Waals surface area (Å²) in [6.07, 6.45) is 2.16. The van der Waals surface area contributed by atoms with E-state index >= 15 is 0 Å². The van der Waals surface area contributed by atoms with Crippen LogP contribution in [0, 0.1) is 16.7 Å². The number of amides is 2. The maximum absolute atomic E-state index is 13.4. The third-order valence-corrected chi connectivity index (χ3v) is 5.42. The quantitative estimate of drug-likeness (QED) is 0.538. The third kappa shape index (κ3) is 7.46. The SMILES string of the molecule is CCC(C)(COC)C(=O)NC(C(=O)N(C)[C@H](/C=C(\C)C(=O)O)C(C)C)C(C)(C)C. The number of carbonyl (C=O) groups is 3. The molecule has 0 aliphatic heterocycles. The maximum atomic E-state index is 13.4. The molecule has 3 atom stereocenters. The Labute approximate surface area is 175 Å². The molecule has 0 radical (unpaired) electrons. The van der Waals surface area contributed by atoms with E-state index in [9.17, 15) is 19.5 Å². The molecule has 7 heteroatoms. The number of carboxylic acids is 1. The van der Waals surface area contributed by atoms with E-state index in [1.165, 1.54) is 11.8 Å². The van der Waals surface area contributed by atoms with Crippen molar-refractivity contribution in [2.75, 3.05) is 20.8 Å². The second kappa shape index (κ2) is 10.8. The Hall–Kier alpha value is -1.89. The first kappa shape index (κ1) is 27.1. The predicted molar refractivity (Wildman–Crippen MR) is 114 cm³/mol. The van der Waals surface area contributed by atoms with Gasteiger partial charge in [-0.1, -0.05) is 47.6 Å². The smallest absolute Gasteiger partial charge is 0.331 e. The van der Waals surface area contributed by atoms with Crippen molar-refractivity contribution < 1.29 is 24.2 Å². The lowest BCUT2D eigenvalue weighted by molar-refractivity contribution is -0.144. The van der Waals surface area contributed by atoms with E-state index in [0.29, 0.717) is 6.42 Å². The van der Waals surface area contributed by atoms with Gasteiger partial charge in [0.2, 0.25) is 11.8 Å². The van der Waals surface area contributed by atoms with Crippen molar-refractivity contribution in [1.29, 1.82) is 0 Å². The maximum Gasteiger partial charge on any atom is 0.331 e. The fraction of sp³-hybridized carbons (Fsp3) is 0.773. The molecule has 0 heterocycles. The first-order chi connectivity index (χ1) is 13.1. The Kier molecular flexibility index (Phi) is 10.1. The van der Waals surface area contributed by atoms with Crippen molar-refractivity contribution in [3.05, 3.63) is 11.6 Å². The minimum Gasteiger partial charge on any atom is -0.478 e. The van der Waals surface area contributed by atoms with Crippen molar-refractivity contribution in [1.82, 2.24) is 10.2 Å². The molecule has 0 saturated heterocycles. The summed E-state index contributed by atoms with van der Waals surface area (Å²) < 4.78 is 5.21. The minimum atomic E-state index is -1.02. The number of nitrogens with zero attached hydrogens (tertiary/aromatic N) is 1. The molecule has 0 spiro atoms. The summed E-state index contributed by atoms with van der Waals surface area (Å²) in [5.41, 5.74) is -1.09. The lowest BCUT2D eigenvalue weighted by Crippen LogP contribution is -2.58. The van der Waals surface area contributed by atoms with Gasteiger partial charge >= 0.3 is 5.97 Å². The lowest BCUT2D eigenvalue weighted by Gasteiger charge is -2.39. The molecule has 0 aromatic rings. The summed E-state index contributed by atoms with van der Waals surface area (Å²) >= 11 is 0. The largest absolute Gasteiger partial charge is 0.478 e. The number of aliphatic carboxylic acids is 1. The van der Waals surface area contributed by atoms with Crippen molar-refractivity contribution >= 4 is 17.8 Å². The highest BCUT2D eigenvalue weighted by atomic mass is 16.5. The van der Waals surface area contributed by atoms with Crippen LogP contribution in [-0.4, -0.2) is 60.6 Å². The van der Waals surface area contributed by atoms with E-state index in [0.717, 1.165) is 0 Å². The average molecular weight is 413 g/mol. The van der Waals surface area contributed by atoms with E-state index in [4.69, 9.17) is 4.74 Å². The zero-order valence-electron chi connectivity index (χ0n) is 19.8. The standard InChI is InChI=1S/C22H40N2O5/c1-11-22(8,13-29-10)20(28)23-17(21(5,6)7)18(25)24(9)16(14(2)3)12-15(4)19(26)27/h12,14,16-17H,11,13H2,1-10H3,(H,23,28)(H,26,27)/b15-12+/t16-,17?,22?/m1/s1. The van der Waals surface area contributed by atoms with E-state index in [-0.39, 0.29) is 29.9 Å². The Bertz CT molecular complexity index is 621. The monoisotopic (exact) mass is 412 g/mol. The molecule has 0 aromatic carbocycles. The first-order valence-electron chi connectivity index (χ1n) is 10.1. The molecule has 0 saturated carbocycles. The third-order valence-electron chi connectivity index (χ3n) is 5.42. The van der Waals surface area contributed by atoms with Gasteiger partial charge in [0.25, 0.3) is 0 Å². The molecule has 2 N–H and O–H groups in total. The van der Waals surface area contributed by atoms with Crippen LogP contribution >= 0.6 is 0 Å². The summed E-state index contributed by atoms with van der Waals surface area (Å²) in [6, 6.07) is -1.17. The number of likely N-dealkylation sites (N-methyl/N-ethyl adjacent to an activating group) is 1. The highest BCUT2D eigenvalue weighted by Gasteiger charge is 2.40. The van der Waals surface area contributed by atoms with Gasteiger partial charge in [-0.05, 0) is 31.6 Å². The number of ether oxygens (including phenoxy) is 1. The molecule has 2 unspecified atom stereocenters. The van der Waals surface area contributed by atoms with Crippen molar-refractivity contribution in [3.8, 4) is 0 Å². The molecule has 2 amide bonds. The fourth-order valence-electron chi connectivity index (χ4n) is 3.03. The number of hydrogen-bond donors (Lipinski definition) is 2. The van der Waals surface area contributed by atoms with Crippen molar-refractivity contribution in [2.24, 2.45) is 16.7 Å². The van der Waals surface area contributed by atoms with Crippen LogP contribution in [0.2, 0.25) is 0 Å². The van der Waals surface area contributed by atoms with Crippen molar-refractivity contribution in [3.63, 3.8) is 0 Å². The molecule has 0 aromatic heterocycles. The number of carbonyl (C=O) groups excluding carboxylic acids is 2. The predicted octanol–water partition coefficient (Wildman–Crippen LogP) is 3.09. The van der Waals surface area contributed by atoms with Crippen LogP contribution in [-0.2, 0) is 19.1 Å². The Morgan fingerprint density at radius 1 is 1.17 bits per heavy atom. The van der Waals surface area contributed by atoms with Crippen LogP contribution in [0.25, 0.3) is 0 Å². The van der Waals surface area contributed by atoms with E-state index in [1.807, 2.05) is 48.5 Å². The molecule has 29 heavy (non-hydrogen) atoms. The number of nitrogens with one attached hydrogen (secondary N) is 1. The van der Waals surface area contributed by atoms with Crippen molar-refractivity contribution in [2.45, 2.75) is 73.9 Å². The van der Waals surface area contributed by atoms with Gasteiger partial charge in [-0.2, -0.15) is 0 Å². The summed E-state index contributed by atoms with van der Waals surface area (Å²) in [7, 11) is 3.20. The van der Waals surface area contributed by atoms with Gasteiger partial charge in [-0.3, -0.25) is 9.59 Å². The van der Waals surface area contributed by atoms with E-state index in [2.05, 4.69) is 5.32 Å². The zero-order valence-corrected chi connectivity index (χ0v) is 19.8. The van der Waals surface area contributed by atoms with Gasteiger partial charge in [0, 0.05) is 19.7 Å². The fourth-order valence-corrected chi connectivity index (χ4v) is 3.03. The second-order valence-electron chi connectivity index (χ2n) is 9.46. The second-order valence-corrected chi connectivity index (χ2v) is 9.46. The Morgan fingerprint density at radius 3 is 2.03 bits per heavy atom. The molecule has 168 valence electrons. The molecule has 0 aliphatic rings. The topological polar surface area (TPSA) is 95.9 Å². The highest BCUT2D eigenvalue weighted by molar-refractivity contribution is 5.91. The van der Waals surface area contributed by atoms with Crippen LogP contribution in [0.3, 0.4) is 0 Å². The Morgan fingerprint density at radius 2 is 1.69 bits per heavy atom. The van der Waals surface area contributed by atoms with Gasteiger partial charge in [0.15, 0.2) is 0 Å². The Balaban J connectivity index is 5.89. The van der Waals surface area contributed by atoms with Crippen LogP contribution in [0.5, 0.6) is 0 Å². The molecule has 0 fully saturated rings. The number of hydrogen-bond acceptors (Lipinski definition) is 4. The summed E-state index contributed by atoms with van der Waals surface area (Å²) in [5.74, 6) is -1.50. The van der Waals surface area contributed by atoms with Gasteiger partial charge in [-0.15, -0.1) is 0 Å². The summed E-state index contributed by atoms with van der Waals surface area (Å²) in [6.45, 7) is 15.0. The van der Waals surface area contributed by atoms with Gasteiger partial charge in [-0.25, -0.2) is 4.79 Å². The minimum absolute atomic E-state index is 0.00367. The highest BCUT2D eigenvalue weighted by Crippen LogP contribution is 2.27.